The van der Waals surface area contributed by atoms with Crippen LogP contribution < -0.4 is 0 Å². The highest BCUT2D eigenvalue weighted by Crippen LogP contribution is 2.39. The molecular formula is C17H21NO. The molecule has 1 heterocycles. The van der Waals surface area contributed by atoms with E-state index in [0.29, 0.717) is 5.92 Å². The smallest absolute Gasteiger partial charge is 0.0897 e. The number of pyridine rings is 1. The third-order valence-electron chi connectivity index (χ3n) is 4.59. The van der Waals surface area contributed by atoms with E-state index in [2.05, 4.69) is 23.2 Å². The minimum Gasteiger partial charge on any atom is -0.385 e. The van der Waals surface area contributed by atoms with Crippen LogP contribution in [0.5, 0.6) is 0 Å². The Morgan fingerprint density at radius 3 is 2.74 bits per heavy atom. The summed E-state index contributed by atoms with van der Waals surface area (Å²) in [5, 5.41) is 12.1. The van der Waals surface area contributed by atoms with Crippen molar-refractivity contribution in [3.63, 3.8) is 0 Å². The Bertz CT molecular complexity index is 570. The lowest BCUT2D eigenvalue weighted by Crippen LogP contribution is -2.33. The van der Waals surface area contributed by atoms with E-state index in [1.165, 1.54) is 19.3 Å². The number of hydrogen-bond donors (Lipinski definition) is 1. The second kappa shape index (κ2) is 4.93. The average molecular weight is 255 g/mol. The van der Waals surface area contributed by atoms with Gasteiger partial charge in [0.1, 0.15) is 0 Å². The van der Waals surface area contributed by atoms with Gasteiger partial charge in [-0.25, -0.2) is 0 Å². The van der Waals surface area contributed by atoms with Crippen LogP contribution in [0.2, 0.25) is 0 Å². The molecule has 2 nitrogen and oxygen atoms in total. The maximum absolute atomic E-state index is 10.9. The zero-order chi connectivity index (χ0) is 13.3. The Labute approximate surface area is 114 Å². The largest absolute Gasteiger partial charge is 0.385 e. The molecule has 1 atom stereocenters. The van der Waals surface area contributed by atoms with Gasteiger partial charge in [0.25, 0.3) is 0 Å². The Kier molecular flexibility index (Phi) is 3.28. The summed E-state index contributed by atoms with van der Waals surface area (Å²) in [5.74, 6) is 0.377. The molecule has 1 unspecified atom stereocenters. The van der Waals surface area contributed by atoms with Gasteiger partial charge in [-0.2, -0.15) is 0 Å². The van der Waals surface area contributed by atoms with Crippen LogP contribution in [0.4, 0.5) is 0 Å². The lowest BCUT2D eigenvalue weighted by molar-refractivity contribution is -0.0214. The van der Waals surface area contributed by atoms with Gasteiger partial charge in [-0.15, -0.1) is 0 Å². The number of aliphatic hydroxyl groups is 1. The number of nitrogens with zero attached hydrogens (tertiary/aromatic N) is 1. The number of hydrogen-bond acceptors (Lipinski definition) is 2. The maximum Gasteiger partial charge on any atom is 0.0897 e. The van der Waals surface area contributed by atoms with E-state index in [1.54, 1.807) is 6.20 Å². The first-order valence-corrected chi connectivity index (χ1v) is 7.25. The van der Waals surface area contributed by atoms with E-state index in [9.17, 15) is 5.11 Å². The number of benzene rings is 1. The van der Waals surface area contributed by atoms with Crippen LogP contribution in [-0.2, 0) is 5.60 Å². The fourth-order valence-electron chi connectivity index (χ4n) is 3.28. The third kappa shape index (κ3) is 2.37. The highest BCUT2D eigenvalue weighted by Gasteiger charge is 2.34. The summed E-state index contributed by atoms with van der Waals surface area (Å²) in [6, 6.07) is 10.2. The molecule has 1 fully saturated rings. The molecule has 1 N–H and O–H groups in total. The topological polar surface area (TPSA) is 33.1 Å². The first-order valence-electron chi connectivity index (χ1n) is 7.25. The molecule has 3 rings (SSSR count). The van der Waals surface area contributed by atoms with Gasteiger partial charge in [-0.3, -0.25) is 4.98 Å². The summed E-state index contributed by atoms with van der Waals surface area (Å²) >= 11 is 0. The molecule has 2 heteroatoms. The van der Waals surface area contributed by atoms with Gasteiger partial charge >= 0.3 is 0 Å². The standard InChI is InChI=1S/C17H21NO/c1-17(19,14-7-3-2-4-8-14)15-10-9-13-6-5-11-18-16(13)12-15/h5-6,9-12,14,19H,2-4,7-8H2,1H3. The minimum absolute atomic E-state index is 0.377. The molecular weight excluding hydrogens is 234 g/mol. The summed E-state index contributed by atoms with van der Waals surface area (Å²) in [6.45, 7) is 1.97. The van der Waals surface area contributed by atoms with E-state index in [0.717, 1.165) is 29.3 Å². The number of rotatable bonds is 2. The van der Waals surface area contributed by atoms with Gasteiger partial charge in [0.15, 0.2) is 0 Å². The van der Waals surface area contributed by atoms with E-state index in [4.69, 9.17) is 0 Å². The first kappa shape index (κ1) is 12.6. The maximum atomic E-state index is 10.9. The van der Waals surface area contributed by atoms with Crippen molar-refractivity contribution in [2.24, 2.45) is 5.92 Å². The second-order valence-corrected chi connectivity index (χ2v) is 5.89. The molecule has 0 aliphatic heterocycles. The fourth-order valence-corrected chi connectivity index (χ4v) is 3.28. The molecule has 19 heavy (non-hydrogen) atoms. The third-order valence-corrected chi connectivity index (χ3v) is 4.59. The van der Waals surface area contributed by atoms with Crippen molar-refractivity contribution < 1.29 is 5.11 Å². The molecule has 0 saturated heterocycles. The molecule has 0 amide bonds. The van der Waals surface area contributed by atoms with Crippen molar-refractivity contribution in [2.45, 2.75) is 44.6 Å². The van der Waals surface area contributed by atoms with Crippen molar-refractivity contribution >= 4 is 10.9 Å². The molecule has 1 aromatic carbocycles. The lowest BCUT2D eigenvalue weighted by atomic mass is 9.74. The predicted molar refractivity (Wildman–Crippen MR) is 77.9 cm³/mol. The molecule has 1 saturated carbocycles. The van der Waals surface area contributed by atoms with Crippen LogP contribution in [0.3, 0.4) is 0 Å². The summed E-state index contributed by atoms with van der Waals surface area (Å²) in [7, 11) is 0. The van der Waals surface area contributed by atoms with Crippen LogP contribution >= 0.6 is 0 Å². The van der Waals surface area contributed by atoms with Crippen LogP contribution in [-0.4, -0.2) is 10.1 Å². The normalized spacial score (nSPS) is 20.3. The Morgan fingerprint density at radius 1 is 1.16 bits per heavy atom. The lowest BCUT2D eigenvalue weighted by Gasteiger charge is -2.36. The van der Waals surface area contributed by atoms with Crippen molar-refractivity contribution in [2.75, 3.05) is 0 Å². The number of fused-ring (bicyclic) bond motifs is 1. The second-order valence-electron chi connectivity index (χ2n) is 5.89. The zero-order valence-electron chi connectivity index (χ0n) is 11.5. The Balaban J connectivity index is 1.97. The molecule has 2 aromatic rings. The van der Waals surface area contributed by atoms with Crippen LogP contribution in [0, 0.1) is 5.92 Å². The van der Waals surface area contributed by atoms with Crippen molar-refractivity contribution in [1.29, 1.82) is 0 Å². The molecule has 0 bridgehead atoms. The highest BCUT2D eigenvalue weighted by atomic mass is 16.3. The molecule has 100 valence electrons. The van der Waals surface area contributed by atoms with Gasteiger partial charge in [-0.1, -0.05) is 37.5 Å². The summed E-state index contributed by atoms with van der Waals surface area (Å²) in [6.07, 6.45) is 7.87. The molecule has 0 spiro atoms. The molecule has 1 aromatic heterocycles. The molecule has 1 aliphatic rings. The summed E-state index contributed by atoms with van der Waals surface area (Å²) in [5.41, 5.74) is 1.24. The predicted octanol–water partition coefficient (Wildman–Crippen LogP) is 4.02. The van der Waals surface area contributed by atoms with Gasteiger partial charge in [0, 0.05) is 11.6 Å². The fraction of sp³-hybridized carbons (Fsp3) is 0.471. The summed E-state index contributed by atoms with van der Waals surface area (Å²) in [4.78, 5) is 4.39. The Morgan fingerprint density at radius 2 is 1.95 bits per heavy atom. The van der Waals surface area contributed by atoms with Crippen LogP contribution in [0.15, 0.2) is 36.5 Å². The molecule has 1 aliphatic carbocycles. The monoisotopic (exact) mass is 255 g/mol. The Hall–Kier alpha value is -1.41. The van der Waals surface area contributed by atoms with Crippen molar-refractivity contribution in [1.82, 2.24) is 4.98 Å². The quantitative estimate of drug-likeness (QED) is 0.879. The van der Waals surface area contributed by atoms with Crippen LogP contribution in [0.25, 0.3) is 10.9 Å². The van der Waals surface area contributed by atoms with E-state index in [1.807, 2.05) is 19.1 Å². The number of aromatic nitrogens is 1. The van der Waals surface area contributed by atoms with Crippen molar-refractivity contribution in [3.05, 3.63) is 42.1 Å². The van der Waals surface area contributed by atoms with E-state index >= 15 is 0 Å². The van der Waals surface area contributed by atoms with E-state index < -0.39 is 5.60 Å². The van der Waals surface area contributed by atoms with Gasteiger partial charge in [0.2, 0.25) is 0 Å². The first-order chi connectivity index (χ1) is 9.18. The van der Waals surface area contributed by atoms with Crippen LogP contribution in [0.1, 0.15) is 44.6 Å². The molecule has 0 radical (unpaired) electrons. The zero-order valence-corrected chi connectivity index (χ0v) is 11.5. The van der Waals surface area contributed by atoms with Gasteiger partial charge in [0.05, 0.1) is 11.1 Å². The van der Waals surface area contributed by atoms with Crippen molar-refractivity contribution in [3.8, 4) is 0 Å². The minimum atomic E-state index is -0.730. The highest BCUT2D eigenvalue weighted by molar-refractivity contribution is 5.79. The van der Waals surface area contributed by atoms with Gasteiger partial charge in [-0.05, 0) is 43.4 Å². The van der Waals surface area contributed by atoms with E-state index in [-0.39, 0.29) is 0 Å². The van der Waals surface area contributed by atoms with Gasteiger partial charge < -0.3 is 5.11 Å². The summed E-state index contributed by atoms with van der Waals surface area (Å²) < 4.78 is 0. The SMILES string of the molecule is CC(O)(c1ccc2cccnc2c1)C1CCCCC1. The average Bonchev–Trinajstić information content (AvgIpc) is 2.47.